The van der Waals surface area contributed by atoms with E-state index < -0.39 is 0 Å². The molecule has 0 radical (unpaired) electrons. The lowest BCUT2D eigenvalue weighted by Gasteiger charge is -2.24. The highest BCUT2D eigenvalue weighted by Gasteiger charge is 2.39. The maximum Gasteiger partial charge on any atom is 0.191 e. The highest BCUT2D eigenvalue weighted by Crippen LogP contribution is 2.41. The van der Waals surface area contributed by atoms with Crippen molar-refractivity contribution in [3.05, 3.63) is 35.4 Å². The van der Waals surface area contributed by atoms with Crippen molar-refractivity contribution in [1.82, 2.24) is 15.5 Å². The molecule has 4 nitrogen and oxygen atoms in total. The standard InChI is InChI=1S/C19H30N4/c1-4-23-11-7-9-15(23)13-21-19(20-3)22-18-12-17(18)16-10-6-5-8-14(16)2/h5-6,8,10,15,17-18H,4,7,9,11-13H2,1-3H3,(H2,20,21,22). The molecule has 2 N–H and O–H groups in total. The largest absolute Gasteiger partial charge is 0.355 e. The van der Waals surface area contributed by atoms with Crippen molar-refractivity contribution in [1.29, 1.82) is 0 Å². The van der Waals surface area contributed by atoms with Gasteiger partial charge in [0.1, 0.15) is 0 Å². The van der Waals surface area contributed by atoms with Gasteiger partial charge >= 0.3 is 0 Å². The first-order valence-corrected chi connectivity index (χ1v) is 8.99. The van der Waals surface area contributed by atoms with Gasteiger partial charge in [0.05, 0.1) is 0 Å². The molecule has 1 saturated carbocycles. The maximum absolute atomic E-state index is 4.41. The van der Waals surface area contributed by atoms with Gasteiger partial charge in [-0.15, -0.1) is 0 Å². The lowest BCUT2D eigenvalue weighted by molar-refractivity contribution is 0.267. The van der Waals surface area contributed by atoms with Crippen LogP contribution in [0, 0.1) is 6.92 Å². The van der Waals surface area contributed by atoms with Crippen molar-refractivity contribution in [3.63, 3.8) is 0 Å². The Morgan fingerprint density at radius 3 is 2.91 bits per heavy atom. The lowest BCUT2D eigenvalue weighted by atomic mass is 10.0. The van der Waals surface area contributed by atoms with Crippen molar-refractivity contribution >= 4 is 5.96 Å². The molecule has 23 heavy (non-hydrogen) atoms. The number of nitrogens with zero attached hydrogens (tertiary/aromatic N) is 2. The summed E-state index contributed by atoms with van der Waals surface area (Å²) >= 11 is 0. The predicted octanol–water partition coefficient (Wildman–Crippen LogP) is 2.50. The Morgan fingerprint density at radius 2 is 2.17 bits per heavy atom. The van der Waals surface area contributed by atoms with Crippen LogP contribution in [0.5, 0.6) is 0 Å². The topological polar surface area (TPSA) is 39.7 Å². The Morgan fingerprint density at radius 1 is 1.35 bits per heavy atom. The summed E-state index contributed by atoms with van der Waals surface area (Å²) in [7, 11) is 1.87. The van der Waals surface area contributed by atoms with Crippen LogP contribution in [0.1, 0.15) is 43.2 Å². The molecule has 0 spiro atoms. The molecule has 2 fully saturated rings. The van der Waals surface area contributed by atoms with Crippen LogP contribution < -0.4 is 10.6 Å². The molecule has 1 aliphatic carbocycles. The molecule has 1 heterocycles. The molecule has 4 heteroatoms. The third-order valence-electron chi connectivity index (χ3n) is 5.33. The van der Waals surface area contributed by atoms with Crippen LogP contribution in [-0.4, -0.2) is 49.6 Å². The second-order valence-corrected chi connectivity index (χ2v) is 6.83. The van der Waals surface area contributed by atoms with E-state index in [0.717, 1.165) is 19.0 Å². The Bertz CT molecular complexity index is 554. The molecule has 1 aromatic rings. The molecular formula is C19H30N4. The summed E-state index contributed by atoms with van der Waals surface area (Å²) in [4.78, 5) is 6.97. The number of benzene rings is 1. The number of nitrogens with one attached hydrogen (secondary N) is 2. The average Bonchev–Trinajstić information content (AvgIpc) is 3.17. The fourth-order valence-electron chi connectivity index (χ4n) is 3.83. The van der Waals surface area contributed by atoms with Gasteiger partial charge in [-0.1, -0.05) is 31.2 Å². The van der Waals surface area contributed by atoms with E-state index in [4.69, 9.17) is 0 Å². The summed E-state index contributed by atoms with van der Waals surface area (Å²) in [6.45, 7) is 7.85. The van der Waals surface area contributed by atoms with Gasteiger partial charge in [0.25, 0.3) is 0 Å². The third-order valence-corrected chi connectivity index (χ3v) is 5.33. The second-order valence-electron chi connectivity index (χ2n) is 6.83. The summed E-state index contributed by atoms with van der Waals surface area (Å²) in [6.07, 6.45) is 3.83. The predicted molar refractivity (Wildman–Crippen MR) is 97.1 cm³/mol. The molecule has 1 aromatic carbocycles. The van der Waals surface area contributed by atoms with E-state index in [2.05, 4.69) is 58.6 Å². The molecule has 2 aliphatic rings. The molecule has 3 atom stereocenters. The number of likely N-dealkylation sites (tertiary alicyclic amines) is 1. The van der Waals surface area contributed by atoms with Crippen molar-refractivity contribution in [3.8, 4) is 0 Å². The van der Waals surface area contributed by atoms with Gasteiger partial charge in [0, 0.05) is 31.6 Å². The van der Waals surface area contributed by atoms with E-state index in [0.29, 0.717) is 18.0 Å². The van der Waals surface area contributed by atoms with Gasteiger partial charge in [-0.3, -0.25) is 9.89 Å². The van der Waals surface area contributed by atoms with Crippen molar-refractivity contribution in [2.75, 3.05) is 26.7 Å². The van der Waals surface area contributed by atoms with E-state index in [1.54, 1.807) is 0 Å². The molecule has 3 rings (SSSR count). The molecule has 3 unspecified atom stereocenters. The zero-order chi connectivity index (χ0) is 16.2. The Labute approximate surface area is 140 Å². The van der Waals surface area contributed by atoms with Crippen LogP contribution in [0.15, 0.2) is 29.3 Å². The minimum absolute atomic E-state index is 0.521. The number of likely N-dealkylation sites (N-methyl/N-ethyl adjacent to an activating group) is 1. The molecule has 1 aliphatic heterocycles. The molecular weight excluding hydrogens is 284 g/mol. The first kappa shape index (κ1) is 16.3. The number of guanidine groups is 1. The van der Waals surface area contributed by atoms with Crippen LogP contribution in [-0.2, 0) is 0 Å². The lowest BCUT2D eigenvalue weighted by Crippen LogP contribution is -2.45. The van der Waals surface area contributed by atoms with Gasteiger partial charge in [0.15, 0.2) is 5.96 Å². The Kier molecular flexibility index (Phi) is 5.21. The highest BCUT2D eigenvalue weighted by molar-refractivity contribution is 5.80. The van der Waals surface area contributed by atoms with Gasteiger partial charge in [-0.25, -0.2) is 0 Å². The first-order valence-electron chi connectivity index (χ1n) is 8.99. The van der Waals surface area contributed by atoms with Crippen LogP contribution in [0.4, 0.5) is 0 Å². The molecule has 0 aromatic heterocycles. The van der Waals surface area contributed by atoms with Crippen LogP contribution in [0.25, 0.3) is 0 Å². The van der Waals surface area contributed by atoms with Crippen LogP contribution in [0.2, 0.25) is 0 Å². The summed E-state index contributed by atoms with van der Waals surface area (Å²) in [5, 5.41) is 7.12. The van der Waals surface area contributed by atoms with E-state index in [-0.39, 0.29) is 0 Å². The van der Waals surface area contributed by atoms with Gasteiger partial charge < -0.3 is 10.6 Å². The summed E-state index contributed by atoms with van der Waals surface area (Å²) in [5.74, 6) is 1.59. The minimum atomic E-state index is 0.521. The number of aryl methyl sites for hydroxylation is 1. The normalized spacial score (nSPS) is 28.0. The number of hydrogen-bond acceptors (Lipinski definition) is 2. The smallest absolute Gasteiger partial charge is 0.191 e. The minimum Gasteiger partial charge on any atom is -0.355 e. The van der Waals surface area contributed by atoms with E-state index in [9.17, 15) is 0 Å². The van der Waals surface area contributed by atoms with Crippen molar-refractivity contribution < 1.29 is 0 Å². The fraction of sp³-hybridized carbons (Fsp3) is 0.632. The third kappa shape index (κ3) is 3.86. The zero-order valence-corrected chi connectivity index (χ0v) is 14.7. The summed E-state index contributed by atoms with van der Waals surface area (Å²) in [5.41, 5.74) is 2.88. The number of aliphatic imine (C=N–C) groups is 1. The Balaban J connectivity index is 1.49. The first-order chi connectivity index (χ1) is 11.2. The molecule has 0 amide bonds. The quantitative estimate of drug-likeness (QED) is 0.648. The van der Waals surface area contributed by atoms with E-state index in [1.165, 1.54) is 36.9 Å². The van der Waals surface area contributed by atoms with Crippen LogP contribution in [0.3, 0.4) is 0 Å². The SMILES string of the molecule is CCN1CCCC1CNC(=NC)NC1CC1c1ccccc1C. The maximum atomic E-state index is 4.41. The highest BCUT2D eigenvalue weighted by atomic mass is 15.2. The summed E-state index contributed by atoms with van der Waals surface area (Å²) in [6, 6.07) is 9.90. The summed E-state index contributed by atoms with van der Waals surface area (Å²) < 4.78 is 0. The Hall–Kier alpha value is -1.55. The number of hydrogen-bond donors (Lipinski definition) is 2. The zero-order valence-electron chi connectivity index (χ0n) is 14.7. The van der Waals surface area contributed by atoms with E-state index in [1.807, 2.05) is 7.05 Å². The van der Waals surface area contributed by atoms with Gasteiger partial charge in [-0.2, -0.15) is 0 Å². The van der Waals surface area contributed by atoms with Gasteiger partial charge in [0.2, 0.25) is 0 Å². The number of rotatable bonds is 5. The van der Waals surface area contributed by atoms with Crippen molar-refractivity contribution in [2.24, 2.45) is 4.99 Å². The second kappa shape index (κ2) is 7.35. The molecule has 0 bridgehead atoms. The monoisotopic (exact) mass is 314 g/mol. The van der Waals surface area contributed by atoms with Crippen LogP contribution >= 0.6 is 0 Å². The van der Waals surface area contributed by atoms with E-state index >= 15 is 0 Å². The molecule has 1 saturated heterocycles. The molecule has 126 valence electrons. The fourth-order valence-corrected chi connectivity index (χ4v) is 3.83. The van der Waals surface area contributed by atoms with Gasteiger partial charge in [-0.05, 0) is 50.4 Å². The average molecular weight is 314 g/mol. The van der Waals surface area contributed by atoms with Crippen molar-refractivity contribution in [2.45, 2.75) is 51.1 Å².